The van der Waals surface area contributed by atoms with E-state index in [1.807, 2.05) is 0 Å². The first kappa shape index (κ1) is 15.9. The second-order valence-electron chi connectivity index (χ2n) is 5.40. The van der Waals surface area contributed by atoms with E-state index in [2.05, 4.69) is 24.2 Å². The minimum atomic E-state index is 0.553. The molecule has 4 heteroatoms. The molecule has 1 saturated carbocycles. The standard InChI is InChI=1S/C14H30N2O2/c1-13(11-15-7-4-9-17-3)16(2)8-10-18-12-14-5-6-14/h13-15H,4-12H2,1-3H3. The quantitative estimate of drug-likeness (QED) is 0.536. The van der Waals surface area contributed by atoms with E-state index in [9.17, 15) is 0 Å². The molecule has 0 aromatic heterocycles. The predicted molar refractivity (Wildman–Crippen MR) is 75.0 cm³/mol. The lowest BCUT2D eigenvalue weighted by Gasteiger charge is -2.24. The Bertz CT molecular complexity index is 198. The smallest absolute Gasteiger partial charge is 0.0593 e. The minimum Gasteiger partial charge on any atom is -0.385 e. The summed E-state index contributed by atoms with van der Waals surface area (Å²) in [6, 6.07) is 0.553. The zero-order chi connectivity index (χ0) is 13.2. The van der Waals surface area contributed by atoms with Crippen molar-refractivity contribution < 1.29 is 9.47 Å². The van der Waals surface area contributed by atoms with Crippen molar-refractivity contribution in [2.45, 2.75) is 32.2 Å². The Balaban J connectivity index is 1.88. The summed E-state index contributed by atoms with van der Waals surface area (Å²) in [6.45, 7) is 8.01. The Morgan fingerprint density at radius 3 is 2.78 bits per heavy atom. The third-order valence-electron chi connectivity index (χ3n) is 3.53. The fraction of sp³-hybridized carbons (Fsp3) is 1.00. The molecule has 0 saturated heterocycles. The molecule has 1 rings (SSSR count). The lowest BCUT2D eigenvalue weighted by atomic mass is 10.3. The van der Waals surface area contributed by atoms with Gasteiger partial charge in [-0.25, -0.2) is 0 Å². The Labute approximate surface area is 112 Å². The maximum atomic E-state index is 5.66. The number of methoxy groups -OCH3 is 1. The molecule has 0 aromatic rings. The number of likely N-dealkylation sites (N-methyl/N-ethyl adjacent to an activating group) is 1. The van der Waals surface area contributed by atoms with E-state index < -0.39 is 0 Å². The Morgan fingerprint density at radius 1 is 1.33 bits per heavy atom. The summed E-state index contributed by atoms with van der Waals surface area (Å²) in [5.74, 6) is 0.871. The van der Waals surface area contributed by atoms with Crippen molar-refractivity contribution in [1.29, 1.82) is 0 Å². The van der Waals surface area contributed by atoms with Crippen LogP contribution in [0, 0.1) is 5.92 Å². The fourth-order valence-electron chi connectivity index (χ4n) is 1.77. The van der Waals surface area contributed by atoms with Gasteiger partial charge in [-0.2, -0.15) is 0 Å². The van der Waals surface area contributed by atoms with Crippen LogP contribution in [0.5, 0.6) is 0 Å². The molecule has 4 nitrogen and oxygen atoms in total. The average Bonchev–Trinajstić information content (AvgIpc) is 3.18. The van der Waals surface area contributed by atoms with Gasteiger partial charge in [0.2, 0.25) is 0 Å². The highest BCUT2D eigenvalue weighted by Gasteiger charge is 2.21. The third kappa shape index (κ3) is 8.03. The van der Waals surface area contributed by atoms with Gasteiger partial charge in [0.15, 0.2) is 0 Å². The highest BCUT2D eigenvalue weighted by molar-refractivity contribution is 4.72. The van der Waals surface area contributed by atoms with Gasteiger partial charge in [0.05, 0.1) is 6.61 Å². The first-order chi connectivity index (χ1) is 8.74. The van der Waals surface area contributed by atoms with Crippen LogP contribution < -0.4 is 5.32 Å². The van der Waals surface area contributed by atoms with E-state index in [0.29, 0.717) is 6.04 Å². The Kier molecular flexibility index (Phi) is 8.59. The van der Waals surface area contributed by atoms with Gasteiger partial charge in [0.25, 0.3) is 0 Å². The monoisotopic (exact) mass is 258 g/mol. The topological polar surface area (TPSA) is 33.7 Å². The number of nitrogens with zero attached hydrogens (tertiary/aromatic N) is 1. The Hall–Kier alpha value is -0.160. The summed E-state index contributed by atoms with van der Waals surface area (Å²) >= 11 is 0. The van der Waals surface area contributed by atoms with E-state index in [1.54, 1.807) is 7.11 Å². The van der Waals surface area contributed by atoms with Gasteiger partial charge in [-0.3, -0.25) is 0 Å². The molecular formula is C14H30N2O2. The average molecular weight is 258 g/mol. The highest BCUT2D eigenvalue weighted by Crippen LogP contribution is 2.28. The van der Waals surface area contributed by atoms with Crippen LogP contribution in [0.4, 0.5) is 0 Å². The van der Waals surface area contributed by atoms with Crippen molar-refractivity contribution in [3.63, 3.8) is 0 Å². The molecule has 108 valence electrons. The van der Waals surface area contributed by atoms with Crippen molar-refractivity contribution in [3.8, 4) is 0 Å². The van der Waals surface area contributed by atoms with Crippen molar-refractivity contribution in [3.05, 3.63) is 0 Å². The third-order valence-corrected chi connectivity index (χ3v) is 3.53. The summed E-state index contributed by atoms with van der Waals surface area (Å²) in [4.78, 5) is 2.36. The van der Waals surface area contributed by atoms with Gasteiger partial charge in [-0.05, 0) is 45.7 Å². The number of hydrogen-bond donors (Lipinski definition) is 1. The van der Waals surface area contributed by atoms with E-state index in [1.165, 1.54) is 12.8 Å². The summed E-state index contributed by atoms with van der Waals surface area (Å²) in [5, 5.41) is 3.46. The second-order valence-corrected chi connectivity index (χ2v) is 5.40. The van der Waals surface area contributed by atoms with E-state index in [0.717, 1.165) is 51.8 Å². The van der Waals surface area contributed by atoms with Crippen LogP contribution >= 0.6 is 0 Å². The Morgan fingerprint density at radius 2 is 2.11 bits per heavy atom. The number of rotatable bonds is 12. The molecule has 0 spiro atoms. The van der Waals surface area contributed by atoms with Gasteiger partial charge < -0.3 is 19.7 Å². The first-order valence-corrected chi connectivity index (χ1v) is 7.21. The maximum absolute atomic E-state index is 5.66. The molecule has 1 unspecified atom stereocenters. The van der Waals surface area contributed by atoms with Crippen LogP contribution in [0.1, 0.15) is 26.2 Å². The largest absolute Gasteiger partial charge is 0.385 e. The van der Waals surface area contributed by atoms with Gasteiger partial charge >= 0.3 is 0 Å². The molecule has 1 aliphatic rings. The van der Waals surface area contributed by atoms with Crippen LogP contribution in [0.3, 0.4) is 0 Å². The summed E-state index contributed by atoms with van der Waals surface area (Å²) in [6.07, 6.45) is 3.83. The highest BCUT2D eigenvalue weighted by atomic mass is 16.5. The summed E-state index contributed by atoms with van der Waals surface area (Å²) < 4.78 is 10.7. The SMILES string of the molecule is COCCCNCC(C)N(C)CCOCC1CC1. The molecule has 0 heterocycles. The zero-order valence-corrected chi connectivity index (χ0v) is 12.3. The molecule has 0 bridgehead atoms. The fourth-order valence-corrected chi connectivity index (χ4v) is 1.77. The van der Waals surface area contributed by atoms with Crippen LogP contribution in [0.2, 0.25) is 0 Å². The van der Waals surface area contributed by atoms with Gasteiger partial charge in [-0.15, -0.1) is 0 Å². The zero-order valence-electron chi connectivity index (χ0n) is 12.3. The van der Waals surface area contributed by atoms with E-state index in [4.69, 9.17) is 9.47 Å². The molecular weight excluding hydrogens is 228 g/mol. The van der Waals surface area contributed by atoms with Crippen LogP contribution in [-0.4, -0.2) is 64.6 Å². The van der Waals surface area contributed by atoms with Crippen LogP contribution in [0.25, 0.3) is 0 Å². The van der Waals surface area contributed by atoms with Gasteiger partial charge in [0, 0.05) is 39.5 Å². The molecule has 0 radical (unpaired) electrons. The van der Waals surface area contributed by atoms with Gasteiger partial charge in [-0.1, -0.05) is 0 Å². The molecule has 1 fully saturated rings. The first-order valence-electron chi connectivity index (χ1n) is 7.21. The van der Waals surface area contributed by atoms with Crippen LogP contribution in [0.15, 0.2) is 0 Å². The van der Waals surface area contributed by atoms with Gasteiger partial charge in [0.1, 0.15) is 0 Å². The van der Waals surface area contributed by atoms with E-state index >= 15 is 0 Å². The van der Waals surface area contributed by atoms with E-state index in [-0.39, 0.29) is 0 Å². The molecule has 0 aliphatic heterocycles. The second kappa shape index (κ2) is 9.73. The lowest BCUT2D eigenvalue weighted by Crippen LogP contribution is -2.40. The normalized spacial score (nSPS) is 17.3. The number of ether oxygens (including phenoxy) is 2. The minimum absolute atomic E-state index is 0.553. The summed E-state index contributed by atoms with van der Waals surface area (Å²) in [5.41, 5.74) is 0. The van der Waals surface area contributed by atoms with Crippen molar-refractivity contribution >= 4 is 0 Å². The van der Waals surface area contributed by atoms with Crippen molar-refractivity contribution in [2.24, 2.45) is 5.92 Å². The molecule has 1 aliphatic carbocycles. The predicted octanol–water partition coefficient (Wildman–Crippen LogP) is 1.36. The van der Waals surface area contributed by atoms with Crippen LogP contribution in [-0.2, 0) is 9.47 Å². The number of nitrogens with one attached hydrogen (secondary N) is 1. The molecule has 0 amide bonds. The molecule has 1 atom stereocenters. The molecule has 0 aromatic carbocycles. The molecule has 18 heavy (non-hydrogen) atoms. The summed E-state index contributed by atoms with van der Waals surface area (Å²) in [7, 11) is 3.92. The van der Waals surface area contributed by atoms with Crippen molar-refractivity contribution in [2.75, 3.05) is 53.6 Å². The number of hydrogen-bond acceptors (Lipinski definition) is 4. The lowest BCUT2D eigenvalue weighted by molar-refractivity contribution is 0.0933. The van der Waals surface area contributed by atoms with Crippen molar-refractivity contribution in [1.82, 2.24) is 10.2 Å². The maximum Gasteiger partial charge on any atom is 0.0593 e. The molecule has 1 N–H and O–H groups in total.